The van der Waals surface area contributed by atoms with E-state index >= 15 is 0 Å². The van der Waals surface area contributed by atoms with Gasteiger partial charge in [0.05, 0.1) is 7.11 Å². The quantitative estimate of drug-likeness (QED) is 0.649. The van der Waals surface area contributed by atoms with Gasteiger partial charge in [0.2, 0.25) is 11.0 Å². The fraction of sp³-hybridized carbons (Fsp3) is 0.368. The van der Waals surface area contributed by atoms with Crippen molar-refractivity contribution in [2.24, 2.45) is 0 Å². The van der Waals surface area contributed by atoms with Crippen LogP contribution in [0.3, 0.4) is 0 Å². The van der Waals surface area contributed by atoms with E-state index in [4.69, 9.17) is 9.15 Å². The highest BCUT2D eigenvalue weighted by Gasteiger charge is 2.15. The maximum atomic E-state index is 12.3. The Morgan fingerprint density at radius 3 is 2.78 bits per heavy atom. The molecule has 0 bridgehead atoms. The van der Waals surface area contributed by atoms with Gasteiger partial charge in [-0.25, -0.2) is 4.79 Å². The van der Waals surface area contributed by atoms with Crippen LogP contribution in [0.1, 0.15) is 42.3 Å². The number of ether oxygens (including phenoxy) is 1. The predicted octanol–water partition coefficient (Wildman–Crippen LogP) is 3.66. The van der Waals surface area contributed by atoms with Gasteiger partial charge in [0.15, 0.2) is 0 Å². The van der Waals surface area contributed by atoms with Crippen LogP contribution in [0.2, 0.25) is 0 Å². The van der Waals surface area contributed by atoms with Crippen LogP contribution in [-0.2, 0) is 11.2 Å². The van der Waals surface area contributed by atoms with Crippen molar-refractivity contribution < 1.29 is 13.9 Å². The van der Waals surface area contributed by atoms with Crippen molar-refractivity contribution in [3.8, 4) is 5.75 Å². The summed E-state index contributed by atoms with van der Waals surface area (Å²) in [5.74, 6) is 0.668. The molecular formula is C19H21N3O4S. The fourth-order valence-corrected chi connectivity index (χ4v) is 3.49. The van der Waals surface area contributed by atoms with Crippen LogP contribution < -0.4 is 15.7 Å². The second-order valence-electron chi connectivity index (χ2n) is 6.50. The fourth-order valence-electron chi connectivity index (χ4n) is 2.73. The van der Waals surface area contributed by atoms with Crippen molar-refractivity contribution >= 4 is 33.3 Å². The SMILES string of the molecule is COc1ccc2c(C)c(CCC(=O)Nc3nnc(C(C)C)s3)c(=O)oc2c1. The molecule has 142 valence electrons. The summed E-state index contributed by atoms with van der Waals surface area (Å²) in [4.78, 5) is 24.6. The number of methoxy groups -OCH3 is 1. The van der Waals surface area contributed by atoms with Crippen molar-refractivity contribution in [1.82, 2.24) is 10.2 Å². The first-order valence-electron chi connectivity index (χ1n) is 8.62. The summed E-state index contributed by atoms with van der Waals surface area (Å²) in [5, 5.41) is 12.9. The Labute approximate surface area is 160 Å². The van der Waals surface area contributed by atoms with E-state index in [1.165, 1.54) is 11.3 Å². The highest BCUT2D eigenvalue weighted by molar-refractivity contribution is 7.15. The lowest BCUT2D eigenvalue weighted by Crippen LogP contribution is -2.16. The number of aryl methyl sites for hydroxylation is 1. The topological polar surface area (TPSA) is 94.3 Å². The van der Waals surface area contributed by atoms with E-state index in [1.807, 2.05) is 32.9 Å². The molecule has 0 unspecified atom stereocenters. The highest BCUT2D eigenvalue weighted by atomic mass is 32.1. The normalized spacial score (nSPS) is 11.1. The second-order valence-corrected chi connectivity index (χ2v) is 7.51. The lowest BCUT2D eigenvalue weighted by Gasteiger charge is -2.08. The summed E-state index contributed by atoms with van der Waals surface area (Å²) in [6.07, 6.45) is 0.446. The minimum atomic E-state index is -0.431. The van der Waals surface area contributed by atoms with Gasteiger partial charge in [0.25, 0.3) is 0 Å². The molecule has 0 fully saturated rings. The summed E-state index contributed by atoms with van der Waals surface area (Å²) in [6.45, 7) is 5.89. The summed E-state index contributed by atoms with van der Waals surface area (Å²) < 4.78 is 10.6. The van der Waals surface area contributed by atoms with E-state index in [0.29, 0.717) is 22.0 Å². The first-order chi connectivity index (χ1) is 12.9. The summed E-state index contributed by atoms with van der Waals surface area (Å²) in [7, 11) is 1.56. The molecule has 2 aromatic heterocycles. The molecule has 1 N–H and O–H groups in total. The van der Waals surface area contributed by atoms with Crippen LogP contribution in [0.4, 0.5) is 5.13 Å². The summed E-state index contributed by atoms with van der Waals surface area (Å²) in [6, 6.07) is 5.35. The molecule has 0 atom stereocenters. The predicted molar refractivity (Wildman–Crippen MR) is 105 cm³/mol. The molecule has 27 heavy (non-hydrogen) atoms. The number of nitrogens with one attached hydrogen (secondary N) is 1. The Morgan fingerprint density at radius 2 is 2.11 bits per heavy atom. The molecule has 7 nitrogen and oxygen atoms in total. The van der Waals surface area contributed by atoms with Crippen LogP contribution in [0, 0.1) is 6.92 Å². The van der Waals surface area contributed by atoms with Gasteiger partial charge < -0.3 is 14.5 Å². The van der Waals surface area contributed by atoms with Crippen LogP contribution in [-0.4, -0.2) is 23.2 Å². The number of hydrogen-bond donors (Lipinski definition) is 1. The minimum Gasteiger partial charge on any atom is -0.497 e. The van der Waals surface area contributed by atoms with Crippen LogP contribution in [0.25, 0.3) is 11.0 Å². The molecular weight excluding hydrogens is 366 g/mol. The zero-order valence-electron chi connectivity index (χ0n) is 15.7. The first kappa shape index (κ1) is 19.0. The molecule has 2 heterocycles. The van der Waals surface area contributed by atoms with Gasteiger partial charge >= 0.3 is 5.63 Å². The van der Waals surface area contributed by atoms with Crippen LogP contribution in [0.5, 0.6) is 5.75 Å². The van der Waals surface area contributed by atoms with Gasteiger partial charge in [-0.2, -0.15) is 0 Å². The number of carbonyl (C=O) groups is 1. The lowest BCUT2D eigenvalue weighted by atomic mass is 10.0. The number of hydrogen-bond acceptors (Lipinski definition) is 7. The Bertz CT molecular complexity index is 1040. The van der Waals surface area contributed by atoms with E-state index in [0.717, 1.165) is 16.0 Å². The number of rotatable bonds is 6. The molecule has 8 heteroatoms. The van der Waals surface area contributed by atoms with Crippen LogP contribution in [0.15, 0.2) is 27.4 Å². The third-order valence-electron chi connectivity index (χ3n) is 4.28. The van der Waals surface area contributed by atoms with Crippen molar-refractivity contribution in [1.29, 1.82) is 0 Å². The van der Waals surface area contributed by atoms with Crippen molar-refractivity contribution in [3.63, 3.8) is 0 Å². The Kier molecular flexibility index (Phi) is 5.55. The number of nitrogens with zero attached hydrogens (tertiary/aromatic N) is 2. The van der Waals surface area contributed by atoms with E-state index in [-0.39, 0.29) is 24.7 Å². The molecule has 0 aliphatic heterocycles. The number of carbonyl (C=O) groups excluding carboxylic acids is 1. The summed E-state index contributed by atoms with van der Waals surface area (Å²) >= 11 is 1.36. The lowest BCUT2D eigenvalue weighted by molar-refractivity contribution is -0.116. The van der Waals surface area contributed by atoms with E-state index in [1.54, 1.807) is 13.2 Å². The molecule has 3 rings (SSSR count). The van der Waals surface area contributed by atoms with E-state index < -0.39 is 5.63 Å². The molecule has 0 saturated heterocycles. The maximum Gasteiger partial charge on any atom is 0.339 e. The number of fused-ring (bicyclic) bond motifs is 1. The number of aromatic nitrogens is 2. The minimum absolute atomic E-state index is 0.157. The zero-order chi connectivity index (χ0) is 19.6. The smallest absolute Gasteiger partial charge is 0.339 e. The molecule has 0 aliphatic carbocycles. The van der Waals surface area contributed by atoms with Crippen LogP contribution >= 0.6 is 11.3 Å². The number of amides is 1. The Morgan fingerprint density at radius 1 is 1.33 bits per heavy atom. The molecule has 0 saturated carbocycles. The third kappa shape index (κ3) is 4.16. The van der Waals surface area contributed by atoms with Crippen molar-refractivity contribution in [2.75, 3.05) is 12.4 Å². The van der Waals surface area contributed by atoms with E-state index in [2.05, 4.69) is 15.5 Å². The molecule has 0 spiro atoms. The zero-order valence-corrected chi connectivity index (χ0v) is 16.5. The Balaban J connectivity index is 1.74. The molecule has 1 amide bonds. The van der Waals surface area contributed by atoms with Gasteiger partial charge in [0, 0.05) is 29.4 Å². The Hall–Kier alpha value is -2.74. The first-order valence-corrected chi connectivity index (χ1v) is 9.44. The summed E-state index contributed by atoms with van der Waals surface area (Å²) in [5.41, 5.74) is 1.36. The van der Waals surface area contributed by atoms with Gasteiger partial charge in [-0.1, -0.05) is 25.2 Å². The van der Waals surface area contributed by atoms with Gasteiger partial charge in [0.1, 0.15) is 16.3 Å². The molecule has 1 aromatic carbocycles. The molecule has 0 aliphatic rings. The maximum absolute atomic E-state index is 12.3. The molecule has 3 aromatic rings. The standard InChI is InChI=1S/C19H21N3O4S/c1-10(2)17-21-22-19(27-17)20-16(23)8-7-14-11(3)13-6-5-12(25-4)9-15(13)26-18(14)24/h5-6,9-10H,7-8H2,1-4H3,(H,20,22,23). The van der Waals surface area contributed by atoms with Crippen molar-refractivity contribution in [3.05, 3.63) is 44.8 Å². The average molecular weight is 387 g/mol. The number of anilines is 1. The van der Waals surface area contributed by atoms with Gasteiger partial charge in [-0.15, -0.1) is 10.2 Å². The third-order valence-corrected chi connectivity index (χ3v) is 5.42. The largest absolute Gasteiger partial charge is 0.497 e. The number of benzene rings is 1. The molecule has 0 radical (unpaired) electrons. The van der Waals surface area contributed by atoms with Gasteiger partial charge in [-0.05, 0) is 31.0 Å². The monoisotopic (exact) mass is 387 g/mol. The van der Waals surface area contributed by atoms with E-state index in [9.17, 15) is 9.59 Å². The average Bonchev–Trinajstić information content (AvgIpc) is 3.09. The second kappa shape index (κ2) is 7.87. The van der Waals surface area contributed by atoms with Crippen molar-refractivity contribution in [2.45, 2.75) is 39.5 Å². The highest BCUT2D eigenvalue weighted by Crippen LogP contribution is 2.25. The van der Waals surface area contributed by atoms with Gasteiger partial charge in [-0.3, -0.25) is 4.79 Å².